The van der Waals surface area contributed by atoms with Crippen LogP contribution in [0.15, 0.2) is 23.1 Å². The van der Waals surface area contributed by atoms with Gasteiger partial charge in [0.1, 0.15) is 10.7 Å². The van der Waals surface area contributed by atoms with Crippen molar-refractivity contribution in [3.05, 3.63) is 29.6 Å². The van der Waals surface area contributed by atoms with Gasteiger partial charge in [-0.2, -0.15) is 0 Å². The Bertz CT molecular complexity index is 571. The van der Waals surface area contributed by atoms with Crippen molar-refractivity contribution < 1.29 is 17.5 Å². The van der Waals surface area contributed by atoms with Crippen molar-refractivity contribution in [3.63, 3.8) is 0 Å². The lowest BCUT2D eigenvalue weighted by molar-refractivity contribution is -0.00476. The van der Waals surface area contributed by atoms with Gasteiger partial charge in [-0.1, -0.05) is 6.07 Å². The van der Waals surface area contributed by atoms with Gasteiger partial charge in [-0.3, -0.25) is 0 Å². The minimum absolute atomic E-state index is 0.0907. The molecule has 1 aromatic carbocycles. The SMILES string of the molecule is CCOC1CC(NS(=O)(=O)c2cc(CN)ccc2F)C1. The van der Waals surface area contributed by atoms with E-state index in [1.165, 1.54) is 12.1 Å². The molecule has 7 heteroatoms. The number of hydrogen-bond donors (Lipinski definition) is 2. The number of halogens is 1. The van der Waals surface area contributed by atoms with Crippen LogP contribution in [0.25, 0.3) is 0 Å². The van der Waals surface area contributed by atoms with E-state index in [4.69, 9.17) is 10.5 Å². The molecule has 3 N–H and O–H groups in total. The highest BCUT2D eigenvalue weighted by molar-refractivity contribution is 7.89. The van der Waals surface area contributed by atoms with Crippen LogP contribution < -0.4 is 10.5 Å². The van der Waals surface area contributed by atoms with E-state index >= 15 is 0 Å². The van der Waals surface area contributed by atoms with Gasteiger partial charge in [0.05, 0.1) is 6.10 Å². The van der Waals surface area contributed by atoms with Crippen molar-refractivity contribution in [2.24, 2.45) is 5.73 Å². The fourth-order valence-electron chi connectivity index (χ4n) is 2.20. The van der Waals surface area contributed by atoms with E-state index in [1.807, 2.05) is 6.92 Å². The first-order valence-corrected chi connectivity index (χ1v) is 8.07. The Labute approximate surface area is 118 Å². The Morgan fingerprint density at radius 2 is 2.15 bits per heavy atom. The van der Waals surface area contributed by atoms with Crippen LogP contribution in [0.1, 0.15) is 25.3 Å². The zero-order valence-electron chi connectivity index (χ0n) is 11.3. The molecule has 0 amide bonds. The molecule has 1 aromatic rings. The minimum Gasteiger partial charge on any atom is -0.378 e. The first-order chi connectivity index (χ1) is 9.46. The maximum Gasteiger partial charge on any atom is 0.243 e. The summed E-state index contributed by atoms with van der Waals surface area (Å²) in [6.45, 7) is 2.67. The maximum absolute atomic E-state index is 13.7. The topological polar surface area (TPSA) is 81.4 Å². The molecular weight excluding hydrogens is 283 g/mol. The Kier molecular flexibility index (Phi) is 4.74. The molecule has 1 saturated carbocycles. The van der Waals surface area contributed by atoms with E-state index in [-0.39, 0.29) is 23.6 Å². The molecule has 0 saturated heterocycles. The van der Waals surface area contributed by atoms with Crippen molar-refractivity contribution >= 4 is 10.0 Å². The largest absolute Gasteiger partial charge is 0.378 e. The normalized spacial score (nSPS) is 22.6. The van der Waals surface area contributed by atoms with E-state index in [9.17, 15) is 12.8 Å². The Hall–Kier alpha value is -1.02. The van der Waals surface area contributed by atoms with E-state index in [0.717, 1.165) is 6.07 Å². The van der Waals surface area contributed by atoms with Gasteiger partial charge in [0.25, 0.3) is 0 Å². The van der Waals surface area contributed by atoms with Crippen LogP contribution in [-0.2, 0) is 21.3 Å². The molecule has 0 atom stereocenters. The fourth-order valence-corrected chi connectivity index (χ4v) is 3.59. The first-order valence-electron chi connectivity index (χ1n) is 6.58. The third-order valence-electron chi connectivity index (χ3n) is 3.34. The van der Waals surface area contributed by atoms with E-state index < -0.39 is 15.8 Å². The second-order valence-electron chi connectivity index (χ2n) is 4.84. The van der Waals surface area contributed by atoms with E-state index in [0.29, 0.717) is 25.0 Å². The van der Waals surface area contributed by atoms with Gasteiger partial charge in [-0.15, -0.1) is 0 Å². The van der Waals surface area contributed by atoms with Crippen molar-refractivity contribution in [3.8, 4) is 0 Å². The van der Waals surface area contributed by atoms with Crippen molar-refractivity contribution in [1.82, 2.24) is 4.72 Å². The molecule has 5 nitrogen and oxygen atoms in total. The van der Waals surface area contributed by atoms with E-state index in [2.05, 4.69) is 4.72 Å². The summed E-state index contributed by atoms with van der Waals surface area (Å²) in [7, 11) is -3.86. The molecule has 0 aromatic heterocycles. The number of nitrogens with two attached hydrogens (primary N) is 1. The second kappa shape index (κ2) is 6.17. The molecule has 2 rings (SSSR count). The summed E-state index contributed by atoms with van der Waals surface area (Å²) in [5.41, 5.74) is 6.02. The molecule has 0 heterocycles. The molecule has 0 radical (unpaired) electrons. The van der Waals surface area contributed by atoms with Crippen molar-refractivity contribution in [2.45, 2.75) is 43.4 Å². The number of nitrogens with one attached hydrogen (secondary N) is 1. The molecule has 0 spiro atoms. The molecule has 112 valence electrons. The lowest BCUT2D eigenvalue weighted by Crippen LogP contribution is -2.47. The molecule has 0 aliphatic heterocycles. The maximum atomic E-state index is 13.7. The lowest BCUT2D eigenvalue weighted by atomic mass is 9.90. The Balaban J connectivity index is 2.08. The third-order valence-corrected chi connectivity index (χ3v) is 4.88. The summed E-state index contributed by atoms with van der Waals surface area (Å²) in [4.78, 5) is -0.347. The Morgan fingerprint density at radius 3 is 2.75 bits per heavy atom. The summed E-state index contributed by atoms with van der Waals surface area (Å²) in [6, 6.07) is 3.68. The summed E-state index contributed by atoms with van der Waals surface area (Å²) >= 11 is 0. The highest BCUT2D eigenvalue weighted by Gasteiger charge is 2.33. The molecule has 0 bridgehead atoms. The van der Waals surface area contributed by atoms with Gasteiger partial charge in [-0.05, 0) is 37.5 Å². The van der Waals surface area contributed by atoms with Crippen molar-refractivity contribution in [1.29, 1.82) is 0 Å². The average molecular weight is 302 g/mol. The number of hydrogen-bond acceptors (Lipinski definition) is 4. The zero-order chi connectivity index (χ0) is 14.8. The molecule has 1 aliphatic rings. The highest BCUT2D eigenvalue weighted by atomic mass is 32.2. The monoisotopic (exact) mass is 302 g/mol. The van der Waals surface area contributed by atoms with Crippen LogP contribution >= 0.6 is 0 Å². The molecular formula is C13H19FN2O3S. The predicted octanol–water partition coefficient (Wildman–Crippen LogP) is 1.13. The molecule has 0 unspecified atom stereocenters. The third kappa shape index (κ3) is 3.35. The van der Waals surface area contributed by atoms with Crippen LogP contribution in [0.3, 0.4) is 0 Å². The van der Waals surface area contributed by atoms with Crippen LogP contribution in [0, 0.1) is 5.82 Å². The Morgan fingerprint density at radius 1 is 1.45 bits per heavy atom. The van der Waals surface area contributed by atoms with Gasteiger partial charge < -0.3 is 10.5 Å². The number of benzene rings is 1. The minimum atomic E-state index is -3.86. The summed E-state index contributed by atoms with van der Waals surface area (Å²) in [5.74, 6) is -0.768. The molecule has 20 heavy (non-hydrogen) atoms. The van der Waals surface area contributed by atoms with Gasteiger partial charge in [0.2, 0.25) is 10.0 Å². The predicted molar refractivity (Wildman–Crippen MR) is 73.0 cm³/mol. The number of ether oxygens (including phenoxy) is 1. The number of sulfonamides is 1. The van der Waals surface area contributed by atoms with E-state index in [1.54, 1.807) is 0 Å². The standard InChI is InChI=1S/C13H19FN2O3S/c1-2-19-11-6-10(7-11)16-20(17,18)13-5-9(8-15)3-4-12(13)14/h3-5,10-11,16H,2,6-8,15H2,1H3. The second-order valence-corrected chi connectivity index (χ2v) is 6.52. The van der Waals surface area contributed by atoms with Crippen molar-refractivity contribution in [2.75, 3.05) is 6.61 Å². The average Bonchev–Trinajstić information content (AvgIpc) is 2.36. The quantitative estimate of drug-likeness (QED) is 0.825. The van der Waals surface area contributed by atoms with Gasteiger partial charge in [-0.25, -0.2) is 17.5 Å². The fraction of sp³-hybridized carbons (Fsp3) is 0.538. The molecule has 1 aliphatic carbocycles. The summed E-state index contributed by atoms with van der Waals surface area (Å²) in [5, 5.41) is 0. The lowest BCUT2D eigenvalue weighted by Gasteiger charge is -2.35. The van der Waals surface area contributed by atoms with Gasteiger partial charge in [0.15, 0.2) is 0 Å². The van der Waals surface area contributed by atoms with Crippen LogP contribution in [-0.4, -0.2) is 27.2 Å². The van der Waals surface area contributed by atoms with Gasteiger partial charge >= 0.3 is 0 Å². The number of rotatable bonds is 6. The molecule has 1 fully saturated rings. The summed E-state index contributed by atoms with van der Waals surface area (Å²) in [6.07, 6.45) is 1.32. The first kappa shape index (κ1) is 15.4. The van der Waals surface area contributed by atoms with Crippen LogP contribution in [0.4, 0.5) is 4.39 Å². The van der Waals surface area contributed by atoms with Gasteiger partial charge in [0, 0.05) is 19.2 Å². The van der Waals surface area contributed by atoms with Crippen LogP contribution in [0.2, 0.25) is 0 Å². The zero-order valence-corrected chi connectivity index (χ0v) is 12.1. The summed E-state index contributed by atoms with van der Waals surface area (Å²) < 4.78 is 45.9. The highest BCUT2D eigenvalue weighted by Crippen LogP contribution is 2.26. The van der Waals surface area contributed by atoms with Crippen LogP contribution in [0.5, 0.6) is 0 Å². The smallest absolute Gasteiger partial charge is 0.243 e.